The number of nitrogens with one attached hydrogen (secondary N) is 1. The van der Waals surface area contributed by atoms with Gasteiger partial charge in [-0.05, 0) is 43.9 Å². The van der Waals surface area contributed by atoms with Gasteiger partial charge in [0.1, 0.15) is 5.76 Å². The first-order valence-corrected chi connectivity index (χ1v) is 9.15. The molecule has 0 saturated carbocycles. The zero-order valence-corrected chi connectivity index (χ0v) is 15.5. The van der Waals surface area contributed by atoms with E-state index >= 15 is 0 Å². The molecule has 0 atom stereocenters. The molecule has 1 N–H and O–H groups in total. The molecule has 0 spiro atoms. The fraction of sp³-hybridized carbons (Fsp3) is 0.421. The number of anilines is 1. The Morgan fingerprint density at radius 1 is 1.27 bits per heavy atom. The Labute approximate surface area is 157 Å². The topological polar surface area (TPSA) is 75.4 Å². The minimum Gasteiger partial charge on any atom is -0.360 e. The molecular formula is C19H22ClN3O3. The summed E-state index contributed by atoms with van der Waals surface area (Å²) in [7, 11) is 0. The largest absolute Gasteiger partial charge is 0.360 e. The normalized spacial score (nSPS) is 15.1. The summed E-state index contributed by atoms with van der Waals surface area (Å²) >= 11 is 5.87. The number of aromatic nitrogens is 1. The number of hydrogen-bond donors (Lipinski definition) is 1. The predicted molar refractivity (Wildman–Crippen MR) is 98.9 cm³/mol. The molecule has 1 aromatic carbocycles. The van der Waals surface area contributed by atoms with Gasteiger partial charge in [0, 0.05) is 36.5 Å². The number of halogens is 1. The van der Waals surface area contributed by atoms with Crippen LogP contribution in [-0.4, -0.2) is 35.0 Å². The number of hydrogen-bond acceptors (Lipinski definition) is 4. The molecule has 0 radical (unpaired) electrons. The van der Waals surface area contributed by atoms with Crippen molar-refractivity contribution in [3.05, 3.63) is 46.7 Å². The number of benzene rings is 1. The zero-order valence-electron chi connectivity index (χ0n) is 14.7. The summed E-state index contributed by atoms with van der Waals surface area (Å²) in [6, 6.07) is 9.24. The summed E-state index contributed by atoms with van der Waals surface area (Å²) in [6.45, 7) is 2.99. The Morgan fingerprint density at radius 3 is 2.58 bits per heavy atom. The molecule has 2 amide bonds. The lowest BCUT2D eigenvalue weighted by Crippen LogP contribution is -2.41. The first-order valence-electron chi connectivity index (χ1n) is 8.77. The Balaban J connectivity index is 1.43. The van der Waals surface area contributed by atoms with Crippen molar-refractivity contribution in [1.29, 1.82) is 0 Å². The van der Waals surface area contributed by atoms with Crippen molar-refractivity contribution >= 4 is 29.2 Å². The maximum absolute atomic E-state index is 12.4. The maximum Gasteiger partial charge on any atom is 0.228 e. The second kappa shape index (κ2) is 8.36. The van der Waals surface area contributed by atoms with E-state index < -0.39 is 0 Å². The highest BCUT2D eigenvalue weighted by Crippen LogP contribution is 2.20. The highest BCUT2D eigenvalue weighted by Gasteiger charge is 2.27. The molecule has 1 fully saturated rings. The number of carbonyl (C=O) groups is 2. The van der Waals surface area contributed by atoms with Crippen LogP contribution in [-0.2, 0) is 16.0 Å². The van der Waals surface area contributed by atoms with Crippen molar-refractivity contribution in [2.45, 2.75) is 32.6 Å². The number of nitrogens with zero attached hydrogens (tertiary/aromatic N) is 2. The van der Waals surface area contributed by atoms with Crippen molar-refractivity contribution in [3.63, 3.8) is 0 Å². The quantitative estimate of drug-likeness (QED) is 0.868. The van der Waals surface area contributed by atoms with E-state index in [0.29, 0.717) is 55.4 Å². The van der Waals surface area contributed by atoms with Crippen LogP contribution in [0.3, 0.4) is 0 Å². The fourth-order valence-electron chi connectivity index (χ4n) is 3.11. The third-order valence-electron chi connectivity index (χ3n) is 4.64. The van der Waals surface area contributed by atoms with Gasteiger partial charge in [0.25, 0.3) is 0 Å². The van der Waals surface area contributed by atoms with Crippen molar-refractivity contribution in [1.82, 2.24) is 10.1 Å². The van der Waals surface area contributed by atoms with Crippen LogP contribution < -0.4 is 5.32 Å². The Bertz CT molecular complexity index is 765. The summed E-state index contributed by atoms with van der Waals surface area (Å²) in [4.78, 5) is 26.5. The third kappa shape index (κ3) is 4.85. The summed E-state index contributed by atoms with van der Waals surface area (Å²) < 4.78 is 4.95. The molecule has 2 aromatic rings. The number of rotatable bonds is 5. The number of piperidine rings is 1. The maximum atomic E-state index is 12.4. The van der Waals surface area contributed by atoms with E-state index in [1.54, 1.807) is 13.0 Å². The standard InChI is InChI=1S/C19H22ClN3O3/c1-13-12-17(22-26-13)21-19(25)15-8-10-23(11-9-15)18(24)7-4-14-2-5-16(20)6-3-14/h2-3,5-6,12,15H,4,7-11H2,1H3,(H,21,22,25). The fourth-order valence-corrected chi connectivity index (χ4v) is 3.23. The summed E-state index contributed by atoms with van der Waals surface area (Å²) in [5, 5.41) is 7.24. The van der Waals surface area contributed by atoms with E-state index in [-0.39, 0.29) is 17.7 Å². The number of carbonyl (C=O) groups excluding carboxylic acids is 2. The SMILES string of the molecule is Cc1cc(NC(=O)C2CCN(C(=O)CCc3ccc(Cl)cc3)CC2)no1. The van der Waals surface area contributed by atoms with Crippen LogP contribution in [0.2, 0.25) is 5.02 Å². The van der Waals surface area contributed by atoms with Crippen molar-refractivity contribution in [2.75, 3.05) is 18.4 Å². The number of likely N-dealkylation sites (tertiary alicyclic amines) is 1. The van der Waals surface area contributed by atoms with Gasteiger partial charge in [-0.15, -0.1) is 0 Å². The molecule has 138 valence electrons. The number of aryl methyl sites for hydroxylation is 2. The summed E-state index contributed by atoms with van der Waals surface area (Å²) in [5.74, 6) is 1.06. The van der Waals surface area contributed by atoms with Crippen LogP contribution in [0, 0.1) is 12.8 Å². The van der Waals surface area contributed by atoms with Gasteiger partial charge >= 0.3 is 0 Å². The molecule has 1 aliphatic rings. The van der Waals surface area contributed by atoms with Crippen molar-refractivity contribution < 1.29 is 14.1 Å². The molecule has 2 heterocycles. The van der Waals surface area contributed by atoms with Crippen LogP contribution in [0.4, 0.5) is 5.82 Å². The summed E-state index contributed by atoms with van der Waals surface area (Å²) in [5.41, 5.74) is 1.10. The van der Waals surface area contributed by atoms with Crippen molar-refractivity contribution in [2.24, 2.45) is 5.92 Å². The second-order valence-electron chi connectivity index (χ2n) is 6.59. The van der Waals surface area contributed by atoms with Crippen LogP contribution >= 0.6 is 11.6 Å². The van der Waals surface area contributed by atoms with Crippen LogP contribution in [0.5, 0.6) is 0 Å². The first kappa shape index (κ1) is 18.5. The monoisotopic (exact) mass is 375 g/mol. The molecule has 3 rings (SSSR count). The Kier molecular flexibility index (Phi) is 5.93. The molecule has 0 aliphatic carbocycles. The molecular weight excluding hydrogens is 354 g/mol. The van der Waals surface area contributed by atoms with Crippen LogP contribution in [0.15, 0.2) is 34.9 Å². The smallest absolute Gasteiger partial charge is 0.228 e. The van der Waals surface area contributed by atoms with Gasteiger partial charge in [-0.3, -0.25) is 9.59 Å². The molecule has 0 unspecified atom stereocenters. The lowest BCUT2D eigenvalue weighted by molar-refractivity contribution is -0.134. The van der Waals surface area contributed by atoms with Crippen LogP contribution in [0.25, 0.3) is 0 Å². The molecule has 1 aromatic heterocycles. The minimum atomic E-state index is -0.104. The molecule has 6 nitrogen and oxygen atoms in total. The van der Waals surface area contributed by atoms with Gasteiger partial charge in [-0.1, -0.05) is 28.9 Å². The van der Waals surface area contributed by atoms with Gasteiger partial charge in [0.15, 0.2) is 5.82 Å². The molecule has 1 aliphatic heterocycles. The average Bonchev–Trinajstić information content (AvgIpc) is 3.06. The van der Waals surface area contributed by atoms with Gasteiger partial charge in [-0.2, -0.15) is 0 Å². The highest BCUT2D eigenvalue weighted by atomic mass is 35.5. The van der Waals surface area contributed by atoms with E-state index in [0.717, 1.165) is 5.56 Å². The minimum absolute atomic E-state index is 0.0634. The zero-order chi connectivity index (χ0) is 18.5. The summed E-state index contributed by atoms with van der Waals surface area (Å²) in [6.07, 6.45) is 2.49. The number of amides is 2. The van der Waals surface area contributed by atoms with Gasteiger partial charge < -0.3 is 14.7 Å². The second-order valence-corrected chi connectivity index (χ2v) is 7.03. The van der Waals surface area contributed by atoms with E-state index in [1.807, 2.05) is 29.2 Å². The van der Waals surface area contributed by atoms with Crippen molar-refractivity contribution in [3.8, 4) is 0 Å². The van der Waals surface area contributed by atoms with E-state index in [2.05, 4.69) is 10.5 Å². The third-order valence-corrected chi connectivity index (χ3v) is 4.89. The van der Waals surface area contributed by atoms with Gasteiger partial charge in [0.05, 0.1) is 0 Å². The average molecular weight is 376 g/mol. The molecule has 7 heteroatoms. The van der Waals surface area contributed by atoms with E-state index in [9.17, 15) is 9.59 Å². The lowest BCUT2D eigenvalue weighted by Gasteiger charge is -2.31. The predicted octanol–water partition coefficient (Wildman–Crippen LogP) is 3.45. The van der Waals surface area contributed by atoms with E-state index in [4.69, 9.17) is 16.1 Å². The molecule has 26 heavy (non-hydrogen) atoms. The lowest BCUT2D eigenvalue weighted by atomic mass is 9.95. The van der Waals surface area contributed by atoms with E-state index in [1.165, 1.54) is 0 Å². The first-order chi connectivity index (χ1) is 12.5. The van der Waals surface area contributed by atoms with Gasteiger partial charge in [0.2, 0.25) is 11.8 Å². The van der Waals surface area contributed by atoms with Crippen LogP contribution in [0.1, 0.15) is 30.6 Å². The van der Waals surface area contributed by atoms with Gasteiger partial charge in [-0.25, -0.2) is 0 Å². The molecule has 0 bridgehead atoms. The Morgan fingerprint density at radius 2 is 1.96 bits per heavy atom. The molecule has 1 saturated heterocycles. The highest BCUT2D eigenvalue weighted by molar-refractivity contribution is 6.30. The Hall–Kier alpha value is -2.34.